The van der Waals surface area contributed by atoms with Crippen molar-refractivity contribution in [3.05, 3.63) is 0 Å². The van der Waals surface area contributed by atoms with Crippen molar-refractivity contribution in [2.45, 2.75) is 57.4 Å². The van der Waals surface area contributed by atoms with Crippen LogP contribution in [0.2, 0.25) is 0 Å². The van der Waals surface area contributed by atoms with E-state index in [4.69, 9.17) is 0 Å². The molecular formula is C13H25NO. The van der Waals surface area contributed by atoms with Gasteiger partial charge in [-0.15, -0.1) is 0 Å². The van der Waals surface area contributed by atoms with Gasteiger partial charge in [-0.3, -0.25) is 4.90 Å². The number of nitrogens with zero attached hydrogens (tertiary/aromatic N) is 1. The first-order valence-electron chi connectivity index (χ1n) is 6.66. The van der Waals surface area contributed by atoms with E-state index in [9.17, 15) is 5.11 Å². The molecule has 1 aliphatic carbocycles. The lowest BCUT2D eigenvalue weighted by Gasteiger charge is -2.53. The zero-order valence-electron chi connectivity index (χ0n) is 10.0. The average molecular weight is 211 g/mol. The van der Waals surface area contributed by atoms with Crippen molar-refractivity contribution in [2.24, 2.45) is 5.92 Å². The second kappa shape index (κ2) is 4.84. The van der Waals surface area contributed by atoms with E-state index >= 15 is 0 Å². The van der Waals surface area contributed by atoms with Crippen LogP contribution in [0.5, 0.6) is 0 Å². The highest BCUT2D eigenvalue weighted by atomic mass is 16.3. The molecule has 1 N–H and O–H groups in total. The van der Waals surface area contributed by atoms with E-state index in [-0.39, 0.29) is 5.54 Å². The molecule has 2 fully saturated rings. The van der Waals surface area contributed by atoms with E-state index in [0.717, 1.165) is 5.92 Å². The van der Waals surface area contributed by atoms with Crippen LogP contribution in [-0.4, -0.2) is 35.2 Å². The maximum Gasteiger partial charge on any atom is 0.0615 e. The summed E-state index contributed by atoms with van der Waals surface area (Å²) in [5, 5.41) is 9.65. The summed E-state index contributed by atoms with van der Waals surface area (Å²) in [5.41, 5.74) is 0.183. The van der Waals surface area contributed by atoms with Gasteiger partial charge in [0.25, 0.3) is 0 Å². The van der Waals surface area contributed by atoms with Crippen LogP contribution in [0, 0.1) is 5.92 Å². The highest BCUT2D eigenvalue weighted by molar-refractivity contribution is 4.98. The minimum Gasteiger partial charge on any atom is -0.394 e. The average Bonchev–Trinajstić information content (AvgIpc) is 2.24. The van der Waals surface area contributed by atoms with E-state index in [1.807, 2.05) is 0 Å². The number of aliphatic hydroxyl groups is 1. The smallest absolute Gasteiger partial charge is 0.0615 e. The Morgan fingerprint density at radius 2 is 1.87 bits per heavy atom. The summed E-state index contributed by atoms with van der Waals surface area (Å²) >= 11 is 0. The fraction of sp³-hybridized carbons (Fsp3) is 1.00. The van der Waals surface area contributed by atoms with Gasteiger partial charge in [0.15, 0.2) is 0 Å². The monoisotopic (exact) mass is 211 g/mol. The zero-order valence-corrected chi connectivity index (χ0v) is 10.0. The van der Waals surface area contributed by atoms with Crippen molar-refractivity contribution < 1.29 is 5.11 Å². The molecule has 15 heavy (non-hydrogen) atoms. The molecule has 0 radical (unpaired) electrons. The van der Waals surface area contributed by atoms with Crippen molar-refractivity contribution in [3.63, 3.8) is 0 Å². The van der Waals surface area contributed by atoms with Gasteiger partial charge in [-0.2, -0.15) is 0 Å². The predicted molar refractivity (Wildman–Crippen MR) is 62.9 cm³/mol. The molecule has 0 aromatic rings. The fourth-order valence-corrected chi connectivity index (χ4v) is 3.33. The number of aliphatic hydroxyl groups excluding tert-OH is 1. The third kappa shape index (κ3) is 2.21. The Bertz CT molecular complexity index is 193. The molecule has 2 heteroatoms. The van der Waals surface area contributed by atoms with Crippen LogP contribution in [0.15, 0.2) is 0 Å². The summed E-state index contributed by atoms with van der Waals surface area (Å²) in [5.74, 6) is 0.917. The van der Waals surface area contributed by atoms with E-state index in [0.29, 0.717) is 6.61 Å². The molecule has 0 atom stereocenters. The molecule has 2 nitrogen and oxygen atoms in total. The number of rotatable bonds is 4. The lowest BCUT2D eigenvalue weighted by Crippen LogP contribution is -2.62. The predicted octanol–water partition coefficient (Wildman–Crippen LogP) is 2.41. The Kier molecular flexibility index (Phi) is 3.68. The van der Waals surface area contributed by atoms with Gasteiger partial charge in [-0.05, 0) is 25.2 Å². The molecule has 0 amide bonds. The van der Waals surface area contributed by atoms with Gasteiger partial charge in [-0.25, -0.2) is 0 Å². The topological polar surface area (TPSA) is 23.5 Å². The largest absolute Gasteiger partial charge is 0.394 e. The first-order valence-corrected chi connectivity index (χ1v) is 6.66. The third-order valence-corrected chi connectivity index (χ3v) is 4.40. The Labute approximate surface area is 93.7 Å². The molecule has 1 heterocycles. The first kappa shape index (κ1) is 11.4. The Morgan fingerprint density at radius 1 is 1.20 bits per heavy atom. The Balaban J connectivity index is 1.86. The molecule has 0 spiro atoms. The van der Waals surface area contributed by atoms with Gasteiger partial charge in [-0.1, -0.05) is 32.6 Å². The second-order valence-corrected chi connectivity index (χ2v) is 5.50. The minimum atomic E-state index is 0.183. The zero-order chi connectivity index (χ0) is 10.7. The highest BCUT2D eigenvalue weighted by Gasteiger charge is 2.43. The SMILES string of the molecule is CCCC1CN(C2(CO)CCCCC2)C1. The molecule has 88 valence electrons. The molecule has 1 saturated carbocycles. The van der Waals surface area contributed by atoms with Crippen molar-refractivity contribution in [3.8, 4) is 0 Å². The molecule has 1 aliphatic heterocycles. The van der Waals surface area contributed by atoms with Gasteiger partial charge < -0.3 is 5.11 Å². The summed E-state index contributed by atoms with van der Waals surface area (Å²) in [6, 6.07) is 0. The quantitative estimate of drug-likeness (QED) is 0.772. The molecule has 2 aliphatic rings. The van der Waals surface area contributed by atoms with Crippen molar-refractivity contribution in [1.82, 2.24) is 4.90 Å². The van der Waals surface area contributed by atoms with E-state index in [1.54, 1.807) is 0 Å². The summed E-state index contributed by atoms with van der Waals surface area (Å²) < 4.78 is 0. The summed E-state index contributed by atoms with van der Waals surface area (Å²) in [4.78, 5) is 2.56. The minimum absolute atomic E-state index is 0.183. The van der Waals surface area contributed by atoms with Crippen LogP contribution >= 0.6 is 0 Å². The lowest BCUT2D eigenvalue weighted by atomic mass is 9.77. The van der Waals surface area contributed by atoms with Crippen molar-refractivity contribution >= 4 is 0 Å². The van der Waals surface area contributed by atoms with E-state index < -0.39 is 0 Å². The maximum absolute atomic E-state index is 9.65. The van der Waals surface area contributed by atoms with Gasteiger partial charge in [0.05, 0.1) is 6.61 Å². The number of hydrogen-bond donors (Lipinski definition) is 1. The molecule has 1 saturated heterocycles. The Hall–Kier alpha value is -0.0800. The number of hydrogen-bond acceptors (Lipinski definition) is 2. The molecule has 0 aromatic carbocycles. The lowest BCUT2D eigenvalue weighted by molar-refractivity contribution is -0.0679. The third-order valence-electron chi connectivity index (χ3n) is 4.40. The van der Waals surface area contributed by atoms with Gasteiger partial charge in [0.1, 0.15) is 0 Å². The van der Waals surface area contributed by atoms with Crippen LogP contribution in [0.1, 0.15) is 51.9 Å². The van der Waals surface area contributed by atoms with Crippen molar-refractivity contribution in [2.75, 3.05) is 19.7 Å². The van der Waals surface area contributed by atoms with Gasteiger partial charge >= 0.3 is 0 Å². The summed E-state index contributed by atoms with van der Waals surface area (Å²) in [7, 11) is 0. The molecule has 0 bridgehead atoms. The molecule has 0 unspecified atom stereocenters. The van der Waals surface area contributed by atoms with Gasteiger partial charge in [0, 0.05) is 18.6 Å². The maximum atomic E-state index is 9.65. The summed E-state index contributed by atoms with van der Waals surface area (Å²) in [6.07, 6.45) is 9.13. The van der Waals surface area contributed by atoms with Crippen molar-refractivity contribution in [1.29, 1.82) is 0 Å². The normalized spacial score (nSPS) is 27.6. The van der Waals surface area contributed by atoms with Crippen LogP contribution in [0.25, 0.3) is 0 Å². The van der Waals surface area contributed by atoms with Crippen LogP contribution in [0.4, 0.5) is 0 Å². The summed E-state index contributed by atoms with van der Waals surface area (Å²) in [6.45, 7) is 5.14. The van der Waals surface area contributed by atoms with Crippen LogP contribution in [-0.2, 0) is 0 Å². The second-order valence-electron chi connectivity index (χ2n) is 5.50. The van der Waals surface area contributed by atoms with E-state index in [1.165, 1.54) is 58.0 Å². The Morgan fingerprint density at radius 3 is 2.40 bits per heavy atom. The first-order chi connectivity index (χ1) is 7.30. The fourth-order valence-electron chi connectivity index (χ4n) is 3.33. The number of likely N-dealkylation sites (tertiary alicyclic amines) is 1. The van der Waals surface area contributed by atoms with Gasteiger partial charge in [0.2, 0.25) is 0 Å². The highest BCUT2D eigenvalue weighted by Crippen LogP contribution is 2.38. The van der Waals surface area contributed by atoms with Crippen LogP contribution in [0.3, 0.4) is 0 Å². The van der Waals surface area contributed by atoms with E-state index in [2.05, 4.69) is 11.8 Å². The molecular weight excluding hydrogens is 186 g/mol. The standard InChI is InChI=1S/C13H25NO/c1-2-6-12-9-14(10-12)13(11-15)7-4-3-5-8-13/h12,15H,2-11H2,1H3. The molecule has 2 rings (SSSR count). The van der Waals surface area contributed by atoms with Crippen LogP contribution < -0.4 is 0 Å². The molecule has 0 aromatic heterocycles.